The molecule has 25 heavy (non-hydrogen) atoms. The molecule has 0 bridgehead atoms. The van der Waals surface area contributed by atoms with Gasteiger partial charge in [-0.2, -0.15) is 5.10 Å². The third-order valence-corrected chi connectivity index (χ3v) is 5.29. The number of methoxy groups -OCH3 is 2. The monoisotopic (exact) mass is 341 g/mol. The average molecular weight is 341 g/mol. The zero-order valence-corrected chi connectivity index (χ0v) is 14.6. The molecular weight excluding hydrogens is 318 g/mol. The first-order valence-electron chi connectivity index (χ1n) is 8.80. The third kappa shape index (κ3) is 2.86. The number of amides is 1. The van der Waals surface area contributed by atoms with Crippen LogP contribution in [0.1, 0.15) is 55.2 Å². The second kappa shape index (κ2) is 6.43. The molecule has 1 fully saturated rings. The standard InChI is InChI=1S/C19H23N3O3/c1-24-14-7-12(8-15(9-14)25-2)16-10-18(23)21-19-17(16)11-20-22(19)13-5-3-4-6-13/h7-9,11,13,16H,3-6,10H2,1-2H3,(H,21,23). The molecule has 1 atom stereocenters. The van der Waals surface area contributed by atoms with Gasteiger partial charge in [-0.3, -0.25) is 4.79 Å². The number of nitrogens with zero attached hydrogens (tertiary/aromatic N) is 2. The molecule has 0 spiro atoms. The van der Waals surface area contributed by atoms with Gasteiger partial charge in [0.05, 0.1) is 26.5 Å². The Morgan fingerprint density at radius 1 is 1.12 bits per heavy atom. The van der Waals surface area contributed by atoms with E-state index in [2.05, 4.69) is 10.4 Å². The van der Waals surface area contributed by atoms with Crippen molar-refractivity contribution in [3.63, 3.8) is 0 Å². The van der Waals surface area contributed by atoms with E-state index in [-0.39, 0.29) is 11.8 Å². The fourth-order valence-electron chi connectivity index (χ4n) is 3.99. The summed E-state index contributed by atoms with van der Waals surface area (Å²) < 4.78 is 12.8. The molecule has 0 saturated heterocycles. The Morgan fingerprint density at radius 2 is 1.80 bits per heavy atom. The zero-order chi connectivity index (χ0) is 17.4. The molecular formula is C19H23N3O3. The van der Waals surface area contributed by atoms with Gasteiger partial charge in [-0.1, -0.05) is 12.8 Å². The van der Waals surface area contributed by atoms with E-state index in [9.17, 15) is 4.79 Å². The smallest absolute Gasteiger partial charge is 0.226 e. The maximum Gasteiger partial charge on any atom is 0.226 e. The number of ether oxygens (including phenoxy) is 2. The van der Waals surface area contributed by atoms with E-state index in [4.69, 9.17) is 9.47 Å². The van der Waals surface area contributed by atoms with E-state index in [0.717, 1.165) is 41.3 Å². The minimum Gasteiger partial charge on any atom is -0.497 e. The lowest BCUT2D eigenvalue weighted by molar-refractivity contribution is -0.116. The maximum atomic E-state index is 12.4. The highest BCUT2D eigenvalue weighted by atomic mass is 16.5. The van der Waals surface area contributed by atoms with Gasteiger partial charge in [0.15, 0.2) is 0 Å². The van der Waals surface area contributed by atoms with Gasteiger partial charge in [0.25, 0.3) is 0 Å². The molecule has 1 aliphatic heterocycles. The number of hydrogen-bond donors (Lipinski definition) is 1. The number of hydrogen-bond acceptors (Lipinski definition) is 4. The summed E-state index contributed by atoms with van der Waals surface area (Å²) in [5.41, 5.74) is 2.08. The van der Waals surface area contributed by atoms with E-state index < -0.39 is 0 Å². The number of rotatable bonds is 4. The lowest BCUT2D eigenvalue weighted by atomic mass is 9.87. The Balaban J connectivity index is 1.76. The Labute approximate surface area is 147 Å². The van der Waals surface area contributed by atoms with E-state index in [0.29, 0.717) is 12.5 Å². The maximum absolute atomic E-state index is 12.4. The van der Waals surface area contributed by atoms with Crippen LogP contribution in [0.2, 0.25) is 0 Å². The zero-order valence-electron chi connectivity index (χ0n) is 14.6. The van der Waals surface area contributed by atoms with Crippen LogP contribution in [-0.4, -0.2) is 29.9 Å². The molecule has 1 N–H and O–H groups in total. The fraction of sp³-hybridized carbons (Fsp3) is 0.474. The van der Waals surface area contributed by atoms with Crippen LogP contribution in [0.25, 0.3) is 0 Å². The number of aromatic nitrogens is 2. The molecule has 0 radical (unpaired) electrons. The third-order valence-electron chi connectivity index (χ3n) is 5.29. The van der Waals surface area contributed by atoms with Crippen LogP contribution in [0.3, 0.4) is 0 Å². The molecule has 4 rings (SSSR count). The summed E-state index contributed by atoms with van der Waals surface area (Å²) in [7, 11) is 3.27. The first kappa shape index (κ1) is 16.0. The predicted molar refractivity (Wildman–Crippen MR) is 94.4 cm³/mol. The van der Waals surface area contributed by atoms with Crippen LogP contribution in [0.5, 0.6) is 11.5 Å². The molecule has 1 amide bonds. The van der Waals surface area contributed by atoms with Crippen molar-refractivity contribution in [3.8, 4) is 11.5 Å². The van der Waals surface area contributed by atoms with Crippen LogP contribution >= 0.6 is 0 Å². The van der Waals surface area contributed by atoms with Crippen molar-refractivity contribution in [3.05, 3.63) is 35.5 Å². The van der Waals surface area contributed by atoms with Crippen molar-refractivity contribution in [1.29, 1.82) is 0 Å². The minimum absolute atomic E-state index is 0.0269. The Morgan fingerprint density at radius 3 is 2.44 bits per heavy atom. The number of fused-ring (bicyclic) bond motifs is 1. The van der Waals surface area contributed by atoms with Crippen molar-refractivity contribution < 1.29 is 14.3 Å². The number of carbonyl (C=O) groups is 1. The van der Waals surface area contributed by atoms with Crippen LogP contribution in [-0.2, 0) is 4.79 Å². The lowest BCUT2D eigenvalue weighted by Gasteiger charge is -2.25. The van der Waals surface area contributed by atoms with Gasteiger partial charge < -0.3 is 14.8 Å². The molecule has 6 heteroatoms. The highest BCUT2D eigenvalue weighted by Gasteiger charge is 2.32. The summed E-state index contributed by atoms with van der Waals surface area (Å²) >= 11 is 0. The molecule has 1 saturated carbocycles. The molecule has 1 aromatic heterocycles. The first-order valence-corrected chi connectivity index (χ1v) is 8.80. The highest BCUT2D eigenvalue weighted by molar-refractivity contribution is 5.94. The normalized spacial score (nSPS) is 20.2. The van der Waals surface area contributed by atoms with Crippen molar-refractivity contribution in [2.75, 3.05) is 19.5 Å². The van der Waals surface area contributed by atoms with Crippen molar-refractivity contribution in [2.24, 2.45) is 0 Å². The first-order chi connectivity index (χ1) is 12.2. The number of benzene rings is 1. The van der Waals surface area contributed by atoms with Crippen molar-refractivity contribution >= 4 is 11.7 Å². The average Bonchev–Trinajstić information content (AvgIpc) is 3.29. The van der Waals surface area contributed by atoms with Gasteiger partial charge in [0.2, 0.25) is 5.91 Å². The molecule has 2 heterocycles. The van der Waals surface area contributed by atoms with E-state index in [1.807, 2.05) is 29.1 Å². The van der Waals surface area contributed by atoms with Gasteiger partial charge >= 0.3 is 0 Å². The molecule has 6 nitrogen and oxygen atoms in total. The summed E-state index contributed by atoms with van der Waals surface area (Å²) in [5.74, 6) is 2.30. The second-order valence-corrected chi connectivity index (χ2v) is 6.78. The van der Waals surface area contributed by atoms with Crippen LogP contribution in [0.4, 0.5) is 5.82 Å². The van der Waals surface area contributed by atoms with Crippen LogP contribution in [0, 0.1) is 0 Å². The molecule has 2 aromatic rings. The fourth-order valence-corrected chi connectivity index (χ4v) is 3.99. The van der Waals surface area contributed by atoms with E-state index in [1.54, 1.807) is 14.2 Å². The molecule has 2 aliphatic rings. The quantitative estimate of drug-likeness (QED) is 0.924. The van der Waals surface area contributed by atoms with Gasteiger partial charge in [-0.05, 0) is 30.5 Å². The van der Waals surface area contributed by atoms with Crippen molar-refractivity contribution in [2.45, 2.75) is 44.1 Å². The summed E-state index contributed by atoms with van der Waals surface area (Å²) in [6.07, 6.45) is 7.01. The van der Waals surface area contributed by atoms with E-state index >= 15 is 0 Å². The second-order valence-electron chi connectivity index (χ2n) is 6.78. The summed E-state index contributed by atoms with van der Waals surface area (Å²) in [6.45, 7) is 0. The van der Waals surface area contributed by atoms with Crippen molar-refractivity contribution in [1.82, 2.24) is 9.78 Å². The topological polar surface area (TPSA) is 65.4 Å². The van der Waals surface area contributed by atoms with Gasteiger partial charge in [0, 0.05) is 24.0 Å². The molecule has 1 aromatic carbocycles. The Kier molecular flexibility index (Phi) is 4.11. The Bertz CT molecular complexity index is 771. The van der Waals surface area contributed by atoms with E-state index in [1.165, 1.54) is 12.8 Å². The SMILES string of the molecule is COc1cc(OC)cc(C2CC(=O)Nc3c2cnn3C2CCCC2)c1. The minimum atomic E-state index is -0.0390. The number of anilines is 1. The summed E-state index contributed by atoms with van der Waals surface area (Å²) in [5, 5.41) is 7.66. The lowest BCUT2D eigenvalue weighted by Crippen LogP contribution is -2.25. The van der Waals surface area contributed by atoms with Crippen LogP contribution < -0.4 is 14.8 Å². The molecule has 1 aliphatic carbocycles. The largest absolute Gasteiger partial charge is 0.497 e. The predicted octanol–water partition coefficient (Wildman–Crippen LogP) is 3.49. The summed E-state index contributed by atoms with van der Waals surface area (Å²) in [6, 6.07) is 6.18. The molecule has 132 valence electrons. The van der Waals surface area contributed by atoms with Crippen LogP contribution in [0.15, 0.2) is 24.4 Å². The summed E-state index contributed by atoms with van der Waals surface area (Å²) in [4.78, 5) is 12.4. The van der Waals surface area contributed by atoms with Gasteiger partial charge in [0.1, 0.15) is 17.3 Å². The molecule has 1 unspecified atom stereocenters. The Hall–Kier alpha value is -2.50. The van der Waals surface area contributed by atoms with Gasteiger partial charge in [-0.15, -0.1) is 0 Å². The van der Waals surface area contributed by atoms with Gasteiger partial charge in [-0.25, -0.2) is 4.68 Å². The number of nitrogens with one attached hydrogen (secondary N) is 1. The number of carbonyl (C=O) groups excluding carboxylic acids is 1. The highest BCUT2D eigenvalue weighted by Crippen LogP contribution is 2.42.